The highest BCUT2D eigenvalue weighted by molar-refractivity contribution is 5.95. The number of likely N-dealkylation sites (N-methyl/N-ethyl adjacent to an activating group) is 1. The molecule has 1 N–H and O–H groups in total. The van der Waals surface area contributed by atoms with Gasteiger partial charge in [0.05, 0.1) is 29.9 Å². The van der Waals surface area contributed by atoms with Gasteiger partial charge in [-0.1, -0.05) is 12.1 Å². The van der Waals surface area contributed by atoms with E-state index in [4.69, 9.17) is 0 Å². The minimum atomic E-state index is -4.61. The van der Waals surface area contributed by atoms with Crippen molar-refractivity contribution in [3.05, 3.63) is 64.2 Å². The van der Waals surface area contributed by atoms with Crippen molar-refractivity contribution in [3.63, 3.8) is 0 Å². The average Bonchev–Trinajstić information content (AvgIpc) is 3.04. The predicted octanol–water partition coefficient (Wildman–Crippen LogP) is 3.94. The monoisotopic (exact) mass is 488 g/mol. The molecule has 0 saturated heterocycles. The Morgan fingerprint density at radius 1 is 1.06 bits per heavy atom. The fourth-order valence-corrected chi connectivity index (χ4v) is 3.77. The molecule has 35 heavy (non-hydrogen) atoms. The number of nitrogens with zero attached hydrogens (tertiary/aromatic N) is 5. The van der Waals surface area contributed by atoms with E-state index in [1.807, 2.05) is 19.9 Å². The quantitative estimate of drug-likeness (QED) is 0.544. The van der Waals surface area contributed by atoms with Gasteiger partial charge in [0.2, 0.25) is 11.8 Å². The Kier molecular flexibility index (Phi) is 7.57. The zero-order chi connectivity index (χ0) is 25.9. The number of amides is 2. The van der Waals surface area contributed by atoms with Crippen LogP contribution in [0.15, 0.2) is 30.3 Å². The number of rotatable bonds is 7. The number of benzene rings is 1. The third-order valence-electron chi connectivity index (χ3n) is 5.50. The van der Waals surface area contributed by atoms with E-state index in [2.05, 4.69) is 20.4 Å². The van der Waals surface area contributed by atoms with Crippen LogP contribution in [-0.2, 0) is 22.2 Å². The van der Waals surface area contributed by atoms with E-state index < -0.39 is 17.6 Å². The second-order valence-corrected chi connectivity index (χ2v) is 8.19. The molecular weight excluding hydrogens is 461 g/mol. The summed E-state index contributed by atoms with van der Waals surface area (Å²) in [6.45, 7) is 8.80. The molecule has 0 radical (unpaired) electrons. The zero-order valence-corrected chi connectivity index (χ0v) is 20.2. The Bertz CT molecular complexity index is 1230. The minimum absolute atomic E-state index is 0.0251. The lowest BCUT2D eigenvalue weighted by molar-refractivity contribution is -0.137. The average molecular weight is 489 g/mol. The molecule has 0 aliphatic rings. The summed E-state index contributed by atoms with van der Waals surface area (Å²) >= 11 is 0. The molecule has 0 unspecified atom stereocenters. The van der Waals surface area contributed by atoms with Crippen LogP contribution in [-0.4, -0.2) is 49.6 Å². The van der Waals surface area contributed by atoms with Gasteiger partial charge in [-0.15, -0.1) is 0 Å². The van der Waals surface area contributed by atoms with Crippen molar-refractivity contribution in [1.29, 1.82) is 0 Å². The van der Waals surface area contributed by atoms with E-state index in [9.17, 15) is 22.8 Å². The lowest BCUT2D eigenvalue weighted by atomic mass is 10.1. The van der Waals surface area contributed by atoms with Crippen LogP contribution in [0.2, 0.25) is 0 Å². The lowest BCUT2D eigenvalue weighted by Gasteiger charge is -2.21. The van der Waals surface area contributed by atoms with Crippen LogP contribution < -0.4 is 5.32 Å². The fraction of sp³-hybridized carbons (Fsp3) is 0.375. The van der Waals surface area contributed by atoms with E-state index >= 15 is 0 Å². The highest BCUT2D eigenvalue weighted by atomic mass is 19.4. The number of halogens is 3. The van der Waals surface area contributed by atoms with Gasteiger partial charge in [0, 0.05) is 29.2 Å². The molecule has 2 heterocycles. The standard InChI is InChI=1S/C24H27F3N6O2/c1-6-32(13-21(34)30-20-10-8-7-9-19(20)24(25,26)27)22(35)12-18-16(4)31-33(17(18)5)23-28-14(2)11-15(3)29-23/h7-11H,6,12-13H2,1-5H3,(H,30,34). The van der Waals surface area contributed by atoms with E-state index in [-0.39, 0.29) is 31.1 Å². The molecule has 2 aromatic heterocycles. The molecule has 2 amide bonds. The number of hydrogen-bond donors (Lipinski definition) is 1. The van der Waals surface area contributed by atoms with Gasteiger partial charge >= 0.3 is 6.18 Å². The summed E-state index contributed by atoms with van der Waals surface area (Å²) in [5.41, 5.74) is 2.27. The molecule has 0 fully saturated rings. The van der Waals surface area contributed by atoms with Crippen molar-refractivity contribution in [2.24, 2.45) is 0 Å². The van der Waals surface area contributed by atoms with Gasteiger partial charge in [-0.05, 0) is 52.8 Å². The van der Waals surface area contributed by atoms with Crippen LogP contribution in [0.1, 0.15) is 40.8 Å². The molecule has 0 atom stereocenters. The molecule has 0 spiro atoms. The van der Waals surface area contributed by atoms with Crippen LogP contribution in [0.4, 0.5) is 18.9 Å². The van der Waals surface area contributed by atoms with Crippen molar-refractivity contribution in [3.8, 4) is 5.95 Å². The maximum Gasteiger partial charge on any atom is 0.418 e. The molecule has 0 bridgehead atoms. The molecule has 0 saturated carbocycles. The molecule has 0 aliphatic carbocycles. The SMILES string of the molecule is CCN(CC(=O)Nc1ccccc1C(F)(F)F)C(=O)Cc1c(C)nn(-c2nc(C)cc(C)n2)c1C. The summed E-state index contributed by atoms with van der Waals surface area (Å²) in [5, 5.41) is 6.76. The van der Waals surface area contributed by atoms with Gasteiger partial charge in [-0.25, -0.2) is 14.6 Å². The van der Waals surface area contributed by atoms with Gasteiger partial charge < -0.3 is 10.2 Å². The van der Waals surface area contributed by atoms with Crippen molar-refractivity contribution in [2.75, 3.05) is 18.4 Å². The maximum absolute atomic E-state index is 13.2. The minimum Gasteiger partial charge on any atom is -0.333 e. The molecule has 0 aliphatic heterocycles. The first-order valence-electron chi connectivity index (χ1n) is 11.0. The van der Waals surface area contributed by atoms with Crippen molar-refractivity contribution >= 4 is 17.5 Å². The smallest absolute Gasteiger partial charge is 0.333 e. The topological polar surface area (TPSA) is 93.0 Å². The molecule has 186 valence electrons. The Morgan fingerprint density at radius 2 is 1.69 bits per heavy atom. The summed E-state index contributed by atoms with van der Waals surface area (Å²) < 4.78 is 41.2. The number of carbonyl (C=O) groups is 2. The predicted molar refractivity (Wildman–Crippen MR) is 124 cm³/mol. The van der Waals surface area contributed by atoms with Gasteiger partial charge in [0.25, 0.3) is 5.95 Å². The number of para-hydroxylation sites is 1. The van der Waals surface area contributed by atoms with E-state index in [1.54, 1.807) is 25.5 Å². The van der Waals surface area contributed by atoms with Gasteiger partial charge in [0.15, 0.2) is 0 Å². The highest BCUT2D eigenvalue weighted by Crippen LogP contribution is 2.34. The number of aryl methyl sites for hydroxylation is 3. The number of carbonyl (C=O) groups excluding carboxylic acids is 2. The van der Waals surface area contributed by atoms with Gasteiger partial charge in [-0.3, -0.25) is 9.59 Å². The third kappa shape index (κ3) is 6.03. The summed E-state index contributed by atoms with van der Waals surface area (Å²) in [6, 6.07) is 6.55. The summed E-state index contributed by atoms with van der Waals surface area (Å²) in [4.78, 5) is 35.6. The fourth-order valence-electron chi connectivity index (χ4n) is 3.77. The molecule has 3 aromatic rings. The van der Waals surface area contributed by atoms with Crippen molar-refractivity contribution in [2.45, 2.75) is 47.2 Å². The molecule has 11 heteroatoms. The Labute approximate surface area is 201 Å². The molecular formula is C24H27F3N6O2. The van der Waals surface area contributed by atoms with Crippen molar-refractivity contribution < 1.29 is 22.8 Å². The number of hydrogen-bond acceptors (Lipinski definition) is 5. The molecule has 3 rings (SSSR count). The first-order chi connectivity index (χ1) is 16.4. The highest BCUT2D eigenvalue weighted by Gasteiger charge is 2.33. The summed E-state index contributed by atoms with van der Waals surface area (Å²) in [5.74, 6) is -0.666. The second-order valence-electron chi connectivity index (χ2n) is 8.19. The van der Waals surface area contributed by atoms with Crippen molar-refractivity contribution in [1.82, 2.24) is 24.6 Å². The van der Waals surface area contributed by atoms with Crippen LogP contribution in [0.5, 0.6) is 0 Å². The maximum atomic E-state index is 13.2. The second kappa shape index (κ2) is 10.2. The number of nitrogens with one attached hydrogen (secondary N) is 1. The van der Waals surface area contributed by atoms with Crippen LogP contribution in [0.3, 0.4) is 0 Å². The Balaban J connectivity index is 1.75. The van der Waals surface area contributed by atoms with E-state index in [0.29, 0.717) is 22.9 Å². The first-order valence-corrected chi connectivity index (χ1v) is 11.0. The van der Waals surface area contributed by atoms with Gasteiger partial charge in [-0.2, -0.15) is 18.3 Å². The third-order valence-corrected chi connectivity index (χ3v) is 5.50. The Hall–Kier alpha value is -3.76. The summed E-state index contributed by atoms with van der Waals surface area (Å²) in [6.07, 6.45) is -4.64. The van der Waals surface area contributed by atoms with Crippen LogP contribution in [0, 0.1) is 27.7 Å². The number of alkyl halides is 3. The largest absolute Gasteiger partial charge is 0.418 e. The zero-order valence-electron chi connectivity index (χ0n) is 20.2. The first kappa shape index (κ1) is 25.9. The van der Waals surface area contributed by atoms with Gasteiger partial charge in [0.1, 0.15) is 0 Å². The normalized spacial score (nSPS) is 11.4. The Morgan fingerprint density at radius 3 is 2.29 bits per heavy atom. The summed E-state index contributed by atoms with van der Waals surface area (Å²) in [7, 11) is 0. The number of aromatic nitrogens is 4. The van der Waals surface area contributed by atoms with Crippen LogP contribution in [0.25, 0.3) is 5.95 Å². The lowest BCUT2D eigenvalue weighted by Crippen LogP contribution is -2.39. The van der Waals surface area contributed by atoms with E-state index in [1.165, 1.54) is 23.1 Å². The molecule has 1 aromatic carbocycles. The molecule has 8 nitrogen and oxygen atoms in total. The van der Waals surface area contributed by atoms with Crippen LogP contribution >= 0.6 is 0 Å². The van der Waals surface area contributed by atoms with E-state index in [0.717, 1.165) is 17.5 Å². The number of anilines is 1.